The molecular weight excluding hydrogens is 719 g/mol. The van der Waals surface area contributed by atoms with Gasteiger partial charge in [-0.15, -0.1) is 0 Å². The van der Waals surface area contributed by atoms with Gasteiger partial charge in [-0.2, -0.15) is 0 Å². The number of hydrogen-bond acceptors (Lipinski definition) is 2. The van der Waals surface area contributed by atoms with Crippen LogP contribution in [0.15, 0.2) is 96.8 Å². The molecule has 3 heteroatoms. The molecule has 0 bridgehead atoms. The number of benzene rings is 4. The van der Waals surface area contributed by atoms with E-state index >= 15 is 0 Å². The summed E-state index contributed by atoms with van der Waals surface area (Å²) in [6.45, 7) is 7.18. The number of hydrogen-bond donors (Lipinski definition) is 1. The Morgan fingerprint density at radius 1 is 0.542 bits per heavy atom. The molecule has 1 aromatic heterocycles. The minimum atomic E-state index is -0.0781. The summed E-state index contributed by atoms with van der Waals surface area (Å²) in [5.74, 6) is 0.149. The van der Waals surface area contributed by atoms with Crippen molar-refractivity contribution >= 4 is 27.6 Å². The van der Waals surface area contributed by atoms with Gasteiger partial charge in [0.2, 0.25) is 0 Å². The van der Waals surface area contributed by atoms with Crippen LogP contribution in [-0.2, 0) is 16.8 Å². The molecule has 1 N–H and O–H groups in total. The molecule has 59 heavy (non-hydrogen) atoms. The van der Waals surface area contributed by atoms with E-state index in [4.69, 9.17) is 0 Å². The van der Waals surface area contributed by atoms with Crippen LogP contribution in [0.2, 0.25) is 0 Å². The second-order valence-corrected chi connectivity index (χ2v) is 18.0. The van der Waals surface area contributed by atoms with Crippen molar-refractivity contribution in [2.75, 3.05) is 0 Å². The van der Waals surface area contributed by atoms with Gasteiger partial charge in [0, 0.05) is 46.3 Å². The van der Waals surface area contributed by atoms with Gasteiger partial charge in [0.15, 0.2) is 5.78 Å². The van der Waals surface area contributed by atoms with E-state index in [9.17, 15) is 9.90 Å². The largest absolute Gasteiger partial charge is 0.512 e. The van der Waals surface area contributed by atoms with Crippen LogP contribution in [0.25, 0.3) is 44.1 Å². The molecule has 1 aliphatic rings. The van der Waals surface area contributed by atoms with Gasteiger partial charge >= 0.3 is 0 Å². The van der Waals surface area contributed by atoms with E-state index in [0.717, 1.165) is 19.4 Å². The van der Waals surface area contributed by atoms with Crippen molar-refractivity contribution in [1.82, 2.24) is 4.57 Å². The molecule has 0 amide bonds. The first-order valence-corrected chi connectivity index (χ1v) is 24.1. The summed E-state index contributed by atoms with van der Waals surface area (Å²) < 4.78 is 2.58. The number of carbonyl (C=O) groups excluding carboxylic acids is 1. The third kappa shape index (κ3) is 11.6. The quantitative estimate of drug-likeness (QED) is 0.0311. The van der Waals surface area contributed by atoms with Gasteiger partial charge in [-0.05, 0) is 90.3 Å². The smallest absolute Gasteiger partial charge is 0.155 e. The van der Waals surface area contributed by atoms with Gasteiger partial charge < -0.3 is 9.67 Å². The second-order valence-electron chi connectivity index (χ2n) is 18.0. The number of fused-ring (bicyclic) bond motifs is 6. The molecule has 3 nitrogen and oxygen atoms in total. The van der Waals surface area contributed by atoms with Crippen LogP contribution in [0.1, 0.15) is 186 Å². The number of unbranched alkanes of at least 4 members (excludes halogenated alkanes) is 18. The molecule has 4 aromatic carbocycles. The lowest BCUT2D eigenvalue weighted by Gasteiger charge is -2.33. The Labute approximate surface area is 357 Å². The molecule has 0 saturated heterocycles. The number of para-hydroxylation sites is 1. The van der Waals surface area contributed by atoms with Crippen LogP contribution in [0.4, 0.5) is 0 Å². The number of aromatic nitrogens is 1. The summed E-state index contributed by atoms with van der Waals surface area (Å²) in [6.07, 6.45) is 31.4. The standard InChI is InChI=1S/C56H75NO2/c1-4-6-8-10-18-26-38-56(39-27-19-11-9-7-5-2)52-32-24-22-30-48(52)49-36-34-46(43-53(49)56)45-35-37-55-51(42-45)50-31-23-25-33-54(50)57(55)40-28-20-16-14-12-13-15-17-21-29-47(59)41-44(3)58/h22-25,30-37,41-43,59H,4-21,26-29,38-40H2,1-3H3/b47-41-. The molecule has 0 radical (unpaired) electrons. The predicted molar refractivity (Wildman–Crippen MR) is 255 cm³/mol. The lowest BCUT2D eigenvalue weighted by Crippen LogP contribution is -2.25. The average Bonchev–Trinajstić information content (AvgIpc) is 3.71. The topological polar surface area (TPSA) is 42.2 Å². The Balaban J connectivity index is 1.15. The monoisotopic (exact) mass is 794 g/mol. The van der Waals surface area contributed by atoms with Crippen molar-refractivity contribution < 1.29 is 9.90 Å². The number of aliphatic hydroxyl groups excluding tert-OH is 1. The molecule has 0 fully saturated rings. The highest BCUT2D eigenvalue weighted by Gasteiger charge is 2.42. The molecule has 0 spiro atoms. The number of carbonyl (C=O) groups is 1. The molecule has 0 atom stereocenters. The van der Waals surface area contributed by atoms with E-state index in [1.165, 1.54) is 192 Å². The van der Waals surface area contributed by atoms with Gasteiger partial charge in [-0.25, -0.2) is 0 Å². The lowest BCUT2D eigenvalue weighted by atomic mass is 9.70. The maximum Gasteiger partial charge on any atom is 0.155 e. The predicted octanol–water partition coefficient (Wildman–Crippen LogP) is 17.2. The number of ketones is 1. The first kappa shape index (κ1) is 44.4. The van der Waals surface area contributed by atoms with E-state index in [2.05, 4.69) is 103 Å². The van der Waals surface area contributed by atoms with Crippen molar-refractivity contribution in [2.24, 2.45) is 0 Å². The van der Waals surface area contributed by atoms with E-state index in [0.29, 0.717) is 6.42 Å². The first-order chi connectivity index (χ1) is 29.0. The highest BCUT2D eigenvalue weighted by molar-refractivity contribution is 6.09. The van der Waals surface area contributed by atoms with Gasteiger partial charge in [-0.1, -0.05) is 197 Å². The molecule has 316 valence electrons. The summed E-state index contributed by atoms with van der Waals surface area (Å²) in [4.78, 5) is 11.1. The van der Waals surface area contributed by atoms with Crippen molar-refractivity contribution in [2.45, 2.75) is 187 Å². The first-order valence-electron chi connectivity index (χ1n) is 24.1. The summed E-state index contributed by atoms with van der Waals surface area (Å²) in [5.41, 5.74) is 11.6. The molecule has 5 aromatic rings. The SMILES string of the molecule is CCCCCCCCC1(CCCCCCCC)c2ccccc2-c2ccc(-c3ccc4c(c3)c3ccccc3n4CCCCCCCCCCC/C(O)=C/C(C)=O)cc21. The Hall–Kier alpha value is -4.11. The zero-order chi connectivity index (χ0) is 41.3. The van der Waals surface area contributed by atoms with Crippen LogP contribution in [0, 0.1) is 0 Å². The summed E-state index contributed by atoms with van der Waals surface area (Å²) in [5, 5.41) is 12.5. The van der Waals surface area contributed by atoms with Gasteiger partial charge in [0.05, 0.1) is 5.76 Å². The fraction of sp³-hybridized carbons (Fsp3) is 0.518. The molecule has 0 aliphatic heterocycles. The third-order valence-electron chi connectivity index (χ3n) is 13.5. The highest BCUT2D eigenvalue weighted by Crippen LogP contribution is 2.55. The van der Waals surface area contributed by atoms with Gasteiger partial charge in [0.1, 0.15) is 0 Å². The van der Waals surface area contributed by atoms with Crippen LogP contribution < -0.4 is 0 Å². The van der Waals surface area contributed by atoms with Crippen molar-refractivity contribution in [1.29, 1.82) is 0 Å². The maximum atomic E-state index is 11.1. The maximum absolute atomic E-state index is 11.1. The molecular formula is C56H75NO2. The van der Waals surface area contributed by atoms with Crippen LogP contribution in [0.5, 0.6) is 0 Å². The minimum Gasteiger partial charge on any atom is -0.512 e. The Kier molecular flexibility index (Phi) is 17.4. The molecule has 6 rings (SSSR count). The number of aliphatic hydroxyl groups is 1. The number of nitrogens with zero attached hydrogens (tertiary/aromatic N) is 1. The minimum absolute atomic E-state index is 0.0781. The van der Waals surface area contributed by atoms with Crippen molar-refractivity contribution in [3.05, 3.63) is 108 Å². The summed E-state index contributed by atoms with van der Waals surface area (Å²) in [7, 11) is 0. The van der Waals surface area contributed by atoms with E-state index in [1.807, 2.05) is 0 Å². The molecule has 0 unspecified atom stereocenters. The molecule has 1 aliphatic carbocycles. The molecule has 1 heterocycles. The van der Waals surface area contributed by atoms with E-state index in [-0.39, 0.29) is 17.0 Å². The number of rotatable bonds is 28. The zero-order valence-electron chi connectivity index (χ0n) is 37.1. The molecule has 0 saturated carbocycles. The van der Waals surface area contributed by atoms with Crippen molar-refractivity contribution in [3.63, 3.8) is 0 Å². The van der Waals surface area contributed by atoms with Crippen LogP contribution >= 0.6 is 0 Å². The highest BCUT2D eigenvalue weighted by atomic mass is 16.3. The average molecular weight is 794 g/mol. The second kappa shape index (κ2) is 23.0. The van der Waals surface area contributed by atoms with E-state index in [1.54, 1.807) is 11.1 Å². The fourth-order valence-electron chi connectivity index (χ4n) is 10.3. The number of aryl methyl sites for hydroxylation is 1. The summed E-state index contributed by atoms with van der Waals surface area (Å²) in [6, 6.07) is 33.2. The van der Waals surface area contributed by atoms with Crippen molar-refractivity contribution in [3.8, 4) is 22.3 Å². The van der Waals surface area contributed by atoms with Gasteiger partial charge in [-0.3, -0.25) is 4.79 Å². The lowest BCUT2D eigenvalue weighted by molar-refractivity contribution is -0.112. The Morgan fingerprint density at radius 2 is 1.07 bits per heavy atom. The Bertz CT molecular complexity index is 2080. The third-order valence-corrected chi connectivity index (χ3v) is 13.5. The zero-order valence-corrected chi connectivity index (χ0v) is 37.1. The fourth-order valence-corrected chi connectivity index (χ4v) is 10.3. The van der Waals surface area contributed by atoms with Crippen LogP contribution in [0.3, 0.4) is 0 Å². The van der Waals surface area contributed by atoms with Gasteiger partial charge in [0.25, 0.3) is 0 Å². The number of allylic oxidation sites excluding steroid dienone is 2. The van der Waals surface area contributed by atoms with Crippen LogP contribution in [-0.4, -0.2) is 15.5 Å². The van der Waals surface area contributed by atoms with E-state index < -0.39 is 0 Å². The Morgan fingerprint density at radius 3 is 1.75 bits per heavy atom. The summed E-state index contributed by atoms with van der Waals surface area (Å²) >= 11 is 0. The normalized spacial score (nSPS) is 13.4.